The van der Waals surface area contributed by atoms with Gasteiger partial charge in [-0.1, -0.05) is 31.9 Å². The zero-order chi connectivity index (χ0) is 13.2. The van der Waals surface area contributed by atoms with E-state index in [-0.39, 0.29) is 0 Å². The van der Waals surface area contributed by atoms with Crippen molar-refractivity contribution in [2.24, 2.45) is 5.41 Å². The van der Waals surface area contributed by atoms with E-state index in [1.165, 1.54) is 19.3 Å². The van der Waals surface area contributed by atoms with Gasteiger partial charge in [0.1, 0.15) is 11.0 Å². The van der Waals surface area contributed by atoms with Gasteiger partial charge in [-0.2, -0.15) is 0 Å². The molecule has 1 aromatic rings. The molecule has 1 aromatic heterocycles. The minimum Gasteiger partial charge on any atom is -0.296 e. The van der Waals surface area contributed by atoms with Crippen LogP contribution < -0.4 is 0 Å². The summed E-state index contributed by atoms with van der Waals surface area (Å²) in [6.45, 7) is 9.74. The highest BCUT2D eigenvalue weighted by Gasteiger charge is 2.28. The van der Waals surface area contributed by atoms with Crippen LogP contribution in [0, 0.1) is 12.3 Å². The Morgan fingerprint density at radius 3 is 2.56 bits per heavy atom. The Morgan fingerprint density at radius 1 is 1.33 bits per heavy atom. The van der Waals surface area contributed by atoms with E-state index in [9.17, 15) is 0 Å². The number of aromatic nitrogens is 2. The van der Waals surface area contributed by atoms with Gasteiger partial charge in [0.05, 0.1) is 6.54 Å². The molecule has 0 atom stereocenters. The number of nitrogens with zero attached hydrogens (tertiary/aromatic N) is 3. The normalized spacial score (nSPS) is 20.0. The van der Waals surface area contributed by atoms with E-state index in [4.69, 9.17) is 11.6 Å². The molecule has 1 aliphatic heterocycles. The molecule has 1 aliphatic rings. The predicted octanol–water partition coefficient (Wildman–Crippen LogP) is 3.45. The highest BCUT2D eigenvalue weighted by atomic mass is 35.5. The second kappa shape index (κ2) is 5.54. The predicted molar refractivity (Wildman–Crippen MR) is 74.7 cm³/mol. The van der Waals surface area contributed by atoms with Gasteiger partial charge >= 0.3 is 0 Å². The van der Waals surface area contributed by atoms with Crippen LogP contribution >= 0.6 is 11.6 Å². The molecule has 0 spiro atoms. The molecule has 0 unspecified atom stereocenters. The summed E-state index contributed by atoms with van der Waals surface area (Å²) in [4.78, 5) is 11.2. The molecular formula is C14H22ClN3. The van der Waals surface area contributed by atoms with Crippen molar-refractivity contribution in [3.8, 4) is 0 Å². The Balaban J connectivity index is 1.95. The van der Waals surface area contributed by atoms with Crippen molar-refractivity contribution < 1.29 is 0 Å². The summed E-state index contributed by atoms with van der Waals surface area (Å²) in [5.41, 5.74) is 1.47. The van der Waals surface area contributed by atoms with Crippen molar-refractivity contribution in [2.75, 3.05) is 13.1 Å². The van der Waals surface area contributed by atoms with Gasteiger partial charge in [0.25, 0.3) is 0 Å². The van der Waals surface area contributed by atoms with Crippen LogP contribution in [0.4, 0.5) is 0 Å². The van der Waals surface area contributed by atoms with Gasteiger partial charge < -0.3 is 0 Å². The number of likely N-dealkylation sites (tertiary alicyclic amines) is 1. The Bertz CT molecular complexity index is 391. The molecule has 0 N–H and O–H groups in total. The lowest BCUT2D eigenvalue weighted by Gasteiger charge is -2.38. The highest BCUT2D eigenvalue weighted by molar-refractivity contribution is 6.29. The highest BCUT2D eigenvalue weighted by Crippen LogP contribution is 2.34. The number of hydrogen-bond donors (Lipinski definition) is 0. The lowest BCUT2D eigenvalue weighted by atomic mass is 9.78. The Morgan fingerprint density at radius 2 is 2.00 bits per heavy atom. The molecule has 1 fully saturated rings. The number of piperidine rings is 1. The Hall–Kier alpha value is -0.670. The van der Waals surface area contributed by atoms with Gasteiger partial charge in [-0.05, 0) is 44.3 Å². The molecule has 0 saturated carbocycles. The molecule has 2 rings (SSSR count). The summed E-state index contributed by atoms with van der Waals surface area (Å²) in [5, 5.41) is 0.549. The van der Waals surface area contributed by atoms with E-state index in [0.717, 1.165) is 31.2 Å². The summed E-state index contributed by atoms with van der Waals surface area (Å²) in [6, 6.07) is 1.80. The van der Waals surface area contributed by atoms with E-state index in [0.29, 0.717) is 10.6 Å². The van der Waals surface area contributed by atoms with Gasteiger partial charge in [0.2, 0.25) is 0 Å². The molecule has 0 radical (unpaired) electrons. The first-order valence-corrected chi connectivity index (χ1v) is 7.11. The third kappa shape index (κ3) is 3.42. The van der Waals surface area contributed by atoms with Gasteiger partial charge in [-0.25, -0.2) is 9.97 Å². The van der Waals surface area contributed by atoms with Crippen molar-refractivity contribution in [3.63, 3.8) is 0 Å². The van der Waals surface area contributed by atoms with Gasteiger partial charge in [-0.3, -0.25) is 4.90 Å². The van der Waals surface area contributed by atoms with Crippen LogP contribution in [0.25, 0.3) is 0 Å². The number of rotatable bonds is 3. The smallest absolute Gasteiger partial charge is 0.144 e. The quantitative estimate of drug-likeness (QED) is 0.786. The van der Waals surface area contributed by atoms with E-state index >= 15 is 0 Å². The molecule has 0 bridgehead atoms. The van der Waals surface area contributed by atoms with Crippen LogP contribution in [-0.4, -0.2) is 28.0 Å². The van der Waals surface area contributed by atoms with Crippen molar-refractivity contribution in [1.29, 1.82) is 0 Å². The topological polar surface area (TPSA) is 29.0 Å². The standard InChI is InChI=1S/C14H22ClN3/c1-4-14(3)5-7-18(8-6-14)10-13-16-11(2)9-12(15)17-13/h9H,4-8,10H2,1-3H3. The molecule has 3 nitrogen and oxygen atoms in total. The van der Waals surface area contributed by atoms with Gasteiger partial charge in [0.15, 0.2) is 0 Å². The molecule has 0 aromatic carbocycles. The Kier molecular flexibility index (Phi) is 4.23. The lowest BCUT2D eigenvalue weighted by molar-refractivity contribution is 0.107. The molecule has 2 heterocycles. The Labute approximate surface area is 115 Å². The molecule has 100 valence electrons. The average molecular weight is 268 g/mol. The second-order valence-corrected chi connectivity index (χ2v) is 6.08. The molecule has 0 aliphatic carbocycles. The zero-order valence-electron chi connectivity index (χ0n) is 11.5. The van der Waals surface area contributed by atoms with Gasteiger partial charge in [0, 0.05) is 5.69 Å². The zero-order valence-corrected chi connectivity index (χ0v) is 12.3. The first-order chi connectivity index (χ1) is 8.50. The van der Waals surface area contributed by atoms with Crippen LogP contribution in [0.1, 0.15) is 44.6 Å². The monoisotopic (exact) mass is 267 g/mol. The summed E-state index contributed by atoms with van der Waals surface area (Å²) in [5.74, 6) is 0.847. The fourth-order valence-electron chi connectivity index (χ4n) is 2.46. The van der Waals surface area contributed by atoms with Crippen molar-refractivity contribution in [3.05, 3.63) is 22.7 Å². The van der Waals surface area contributed by atoms with E-state index in [1.807, 2.05) is 6.92 Å². The minimum absolute atomic E-state index is 0.529. The summed E-state index contributed by atoms with van der Waals surface area (Å²) >= 11 is 5.97. The van der Waals surface area contributed by atoms with E-state index in [2.05, 4.69) is 28.7 Å². The summed E-state index contributed by atoms with van der Waals surface area (Å²) < 4.78 is 0. The maximum Gasteiger partial charge on any atom is 0.144 e. The fraction of sp³-hybridized carbons (Fsp3) is 0.714. The maximum absolute atomic E-state index is 5.97. The van der Waals surface area contributed by atoms with Crippen molar-refractivity contribution in [2.45, 2.75) is 46.6 Å². The second-order valence-electron chi connectivity index (χ2n) is 5.69. The maximum atomic E-state index is 5.97. The average Bonchev–Trinajstić information content (AvgIpc) is 2.31. The van der Waals surface area contributed by atoms with E-state index < -0.39 is 0 Å². The van der Waals surface area contributed by atoms with E-state index in [1.54, 1.807) is 6.07 Å². The third-order valence-corrected chi connectivity index (χ3v) is 4.34. The van der Waals surface area contributed by atoms with Crippen LogP contribution in [0.2, 0.25) is 5.15 Å². The minimum atomic E-state index is 0.529. The number of aryl methyl sites for hydroxylation is 1. The largest absolute Gasteiger partial charge is 0.296 e. The first kappa shape index (κ1) is 13.8. The van der Waals surface area contributed by atoms with Crippen molar-refractivity contribution >= 4 is 11.6 Å². The van der Waals surface area contributed by atoms with Gasteiger partial charge in [-0.15, -0.1) is 0 Å². The molecule has 1 saturated heterocycles. The molecule has 18 heavy (non-hydrogen) atoms. The number of hydrogen-bond acceptors (Lipinski definition) is 3. The SMILES string of the molecule is CCC1(C)CCN(Cc2nc(C)cc(Cl)n2)CC1. The van der Waals surface area contributed by atoms with Crippen LogP contribution in [0.5, 0.6) is 0 Å². The number of halogens is 1. The summed E-state index contributed by atoms with van der Waals surface area (Å²) in [6.07, 6.45) is 3.81. The molecule has 0 amide bonds. The van der Waals surface area contributed by atoms with Crippen LogP contribution in [-0.2, 0) is 6.54 Å². The first-order valence-electron chi connectivity index (χ1n) is 6.73. The summed E-state index contributed by atoms with van der Waals surface area (Å²) in [7, 11) is 0. The van der Waals surface area contributed by atoms with Crippen LogP contribution in [0.3, 0.4) is 0 Å². The van der Waals surface area contributed by atoms with Crippen molar-refractivity contribution in [1.82, 2.24) is 14.9 Å². The molecular weight excluding hydrogens is 246 g/mol. The third-order valence-electron chi connectivity index (χ3n) is 4.15. The fourth-order valence-corrected chi connectivity index (χ4v) is 2.72. The lowest BCUT2D eigenvalue weighted by Crippen LogP contribution is -2.38. The van der Waals surface area contributed by atoms with Crippen LogP contribution in [0.15, 0.2) is 6.07 Å². The molecule has 4 heteroatoms.